The van der Waals surface area contributed by atoms with Gasteiger partial charge in [0.2, 0.25) is 0 Å². The lowest BCUT2D eigenvalue weighted by Gasteiger charge is -2.21. The first-order valence-electron chi connectivity index (χ1n) is 8.45. The molecule has 0 atom stereocenters. The number of benzene rings is 2. The van der Waals surface area contributed by atoms with Crippen LogP contribution in [0.1, 0.15) is 37.5 Å². The molecule has 2 heterocycles. The van der Waals surface area contributed by atoms with E-state index in [1.807, 2.05) is 0 Å². The summed E-state index contributed by atoms with van der Waals surface area (Å²) in [4.78, 5) is 4.98. The van der Waals surface area contributed by atoms with Gasteiger partial charge in [0, 0.05) is 12.5 Å². The molecule has 2 nitrogen and oxygen atoms in total. The number of rotatable bonds is 1. The Bertz CT molecular complexity index is 1160. The molecule has 0 radical (unpaired) electrons. The van der Waals surface area contributed by atoms with Crippen LogP contribution in [-0.2, 0) is 5.41 Å². The zero-order valence-corrected chi connectivity index (χ0v) is 20.5. The molecule has 2 aromatic heterocycles. The number of fused-ring (bicyclic) bond motifs is 2. The molecule has 0 bridgehead atoms. The molecule has 26 heavy (non-hydrogen) atoms. The zero-order chi connectivity index (χ0) is 18.8. The Morgan fingerprint density at radius 1 is 1.04 bits per heavy atom. The molecule has 4 rings (SSSR count). The highest BCUT2D eigenvalue weighted by Gasteiger charge is 2.23. The van der Waals surface area contributed by atoms with E-state index in [1.54, 1.807) is 11.3 Å². The highest BCUT2D eigenvalue weighted by Crippen LogP contribution is 2.41. The maximum atomic E-state index is 6.17. The number of furan rings is 1. The van der Waals surface area contributed by atoms with Crippen LogP contribution >= 0.6 is 56.5 Å². The van der Waals surface area contributed by atoms with Crippen molar-refractivity contribution in [2.24, 2.45) is 0 Å². The Labute approximate surface area is 184 Å². The monoisotopic (exact) mass is 587 g/mol. The van der Waals surface area contributed by atoms with E-state index in [2.05, 4.69) is 104 Å². The Balaban J connectivity index is 1.95. The van der Waals surface area contributed by atoms with Gasteiger partial charge in [-0.3, -0.25) is 0 Å². The van der Waals surface area contributed by atoms with Crippen LogP contribution in [0.3, 0.4) is 0 Å². The molecule has 0 aliphatic rings. The fraction of sp³-hybridized carbons (Fsp3) is 0.286. The number of nitrogens with zero attached hydrogens (tertiary/aromatic N) is 1. The van der Waals surface area contributed by atoms with Gasteiger partial charge in [-0.25, -0.2) is 4.98 Å². The molecule has 0 unspecified atom stereocenters. The van der Waals surface area contributed by atoms with Crippen molar-refractivity contribution >= 4 is 77.7 Å². The third kappa shape index (κ3) is 3.09. The summed E-state index contributed by atoms with van der Waals surface area (Å²) in [6.07, 6.45) is 0. The van der Waals surface area contributed by atoms with Crippen molar-refractivity contribution in [1.82, 2.24) is 4.98 Å². The third-order valence-electron chi connectivity index (χ3n) is 4.57. The van der Waals surface area contributed by atoms with Crippen LogP contribution in [0.15, 0.2) is 28.7 Å². The van der Waals surface area contributed by atoms with Crippen molar-refractivity contribution in [3.8, 4) is 10.8 Å². The standard InChI is InChI=1S/C21H19I2NOS/c1-10-6-11(2)12-8-16(25-15(12)7-10)20-24-18-17(23)13(21(3,4)5)9-14(22)19(18)26-20/h6-9H,1-5H3. The largest absolute Gasteiger partial charge is 0.454 e. The maximum absolute atomic E-state index is 6.17. The fourth-order valence-corrected chi connectivity index (χ4v) is 6.63. The summed E-state index contributed by atoms with van der Waals surface area (Å²) in [7, 11) is 0. The Morgan fingerprint density at radius 3 is 2.46 bits per heavy atom. The molecular formula is C21H19I2NOS. The van der Waals surface area contributed by atoms with E-state index < -0.39 is 0 Å². The number of aryl methyl sites for hydroxylation is 2. The first-order valence-corrected chi connectivity index (χ1v) is 11.4. The molecule has 0 saturated heterocycles. The lowest BCUT2D eigenvalue weighted by atomic mass is 9.87. The van der Waals surface area contributed by atoms with Gasteiger partial charge in [-0.05, 0) is 99.3 Å². The minimum absolute atomic E-state index is 0.0996. The minimum Gasteiger partial charge on any atom is -0.454 e. The topological polar surface area (TPSA) is 26.0 Å². The van der Waals surface area contributed by atoms with Crippen molar-refractivity contribution in [1.29, 1.82) is 0 Å². The number of halogens is 2. The summed E-state index contributed by atoms with van der Waals surface area (Å²) in [5.41, 5.74) is 5.95. The molecule has 0 aliphatic carbocycles. The number of aromatic nitrogens is 1. The molecule has 0 aliphatic heterocycles. The molecule has 0 N–H and O–H groups in total. The van der Waals surface area contributed by atoms with E-state index >= 15 is 0 Å². The van der Waals surface area contributed by atoms with Gasteiger partial charge in [-0.15, -0.1) is 11.3 Å². The quantitative estimate of drug-likeness (QED) is 0.212. The fourth-order valence-electron chi connectivity index (χ4n) is 3.26. The van der Waals surface area contributed by atoms with Crippen molar-refractivity contribution in [2.75, 3.05) is 0 Å². The Hall–Kier alpha value is -0.670. The first kappa shape index (κ1) is 18.7. The first-order chi connectivity index (χ1) is 12.1. The van der Waals surface area contributed by atoms with E-state index in [0.717, 1.165) is 21.9 Å². The average Bonchev–Trinajstić information content (AvgIpc) is 3.13. The second-order valence-electron chi connectivity index (χ2n) is 7.77. The summed E-state index contributed by atoms with van der Waals surface area (Å²) in [6.45, 7) is 11.0. The van der Waals surface area contributed by atoms with Gasteiger partial charge >= 0.3 is 0 Å². The highest BCUT2D eigenvalue weighted by molar-refractivity contribution is 14.1. The average molecular weight is 587 g/mol. The van der Waals surface area contributed by atoms with E-state index in [-0.39, 0.29) is 5.41 Å². The van der Waals surface area contributed by atoms with Crippen LogP contribution in [0.5, 0.6) is 0 Å². The zero-order valence-electron chi connectivity index (χ0n) is 15.3. The van der Waals surface area contributed by atoms with Gasteiger partial charge in [-0.2, -0.15) is 0 Å². The molecule has 134 valence electrons. The summed E-state index contributed by atoms with van der Waals surface area (Å²) >= 11 is 6.60. The summed E-state index contributed by atoms with van der Waals surface area (Å²) in [6, 6.07) is 8.73. The predicted octanol–water partition coefficient (Wildman–Crippen LogP) is 7.83. The summed E-state index contributed by atoms with van der Waals surface area (Å²) in [5.74, 6) is 0.860. The van der Waals surface area contributed by atoms with Gasteiger partial charge in [0.25, 0.3) is 0 Å². The van der Waals surface area contributed by atoms with Crippen LogP contribution < -0.4 is 0 Å². The van der Waals surface area contributed by atoms with Gasteiger partial charge in [0.1, 0.15) is 5.58 Å². The van der Waals surface area contributed by atoms with Gasteiger partial charge < -0.3 is 4.42 Å². The SMILES string of the molecule is Cc1cc(C)c2cc(-c3nc4c(I)c(C(C)(C)C)cc(I)c4s3)oc2c1. The van der Waals surface area contributed by atoms with Crippen LogP contribution in [0, 0.1) is 21.0 Å². The van der Waals surface area contributed by atoms with Crippen LogP contribution in [0.25, 0.3) is 32.0 Å². The number of hydrogen-bond acceptors (Lipinski definition) is 3. The smallest absolute Gasteiger partial charge is 0.164 e. The Kier molecular flexibility index (Phi) is 4.63. The normalized spacial score (nSPS) is 12.4. The van der Waals surface area contributed by atoms with Gasteiger partial charge in [0.05, 0.1) is 10.2 Å². The molecule has 5 heteroatoms. The highest BCUT2D eigenvalue weighted by atomic mass is 127. The van der Waals surface area contributed by atoms with E-state index in [9.17, 15) is 0 Å². The minimum atomic E-state index is 0.0996. The van der Waals surface area contributed by atoms with E-state index in [1.165, 1.54) is 33.9 Å². The number of hydrogen-bond donors (Lipinski definition) is 0. The third-order valence-corrected chi connectivity index (χ3v) is 7.98. The maximum Gasteiger partial charge on any atom is 0.164 e. The molecule has 0 saturated carbocycles. The molecule has 0 spiro atoms. The molecular weight excluding hydrogens is 568 g/mol. The lowest BCUT2D eigenvalue weighted by molar-refractivity contribution is 0.587. The van der Waals surface area contributed by atoms with Crippen LogP contribution in [0.2, 0.25) is 0 Å². The molecule has 0 fully saturated rings. The van der Waals surface area contributed by atoms with E-state index in [4.69, 9.17) is 9.40 Å². The lowest BCUT2D eigenvalue weighted by Crippen LogP contribution is -2.13. The van der Waals surface area contributed by atoms with Crippen molar-refractivity contribution in [2.45, 2.75) is 40.0 Å². The van der Waals surface area contributed by atoms with Gasteiger partial charge in [-0.1, -0.05) is 26.8 Å². The summed E-state index contributed by atoms with van der Waals surface area (Å²) in [5, 5.41) is 2.12. The van der Waals surface area contributed by atoms with Crippen LogP contribution in [-0.4, -0.2) is 4.98 Å². The Morgan fingerprint density at radius 2 is 1.77 bits per heavy atom. The summed E-state index contributed by atoms with van der Waals surface area (Å²) < 4.78 is 9.91. The van der Waals surface area contributed by atoms with Crippen molar-refractivity contribution < 1.29 is 4.42 Å². The molecule has 2 aromatic carbocycles. The second kappa shape index (κ2) is 6.44. The van der Waals surface area contributed by atoms with Gasteiger partial charge in [0.15, 0.2) is 10.8 Å². The van der Waals surface area contributed by atoms with Crippen molar-refractivity contribution in [3.63, 3.8) is 0 Å². The predicted molar refractivity (Wildman–Crippen MR) is 128 cm³/mol. The van der Waals surface area contributed by atoms with Crippen LogP contribution in [0.4, 0.5) is 0 Å². The van der Waals surface area contributed by atoms with E-state index in [0.29, 0.717) is 0 Å². The number of thiazole rings is 1. The molecule has 4 aromatic rings. The second-order valence-corrected chi connectivity index (χ2v) is 11.0. The van der Waals surface area contributed by atoms with Crippen molar-refractivity contribution in [3.05, 3.63) is 48.1 Å². The molecule has 0 amide bonds.